The number of methoxy groups -OCH3 is 1. The molecule has 0 aromatic heterocycles. The third-order valence-corrected chi connectivity index (χ3v) is 2.95. The quantitative estimate of drug-likeness (QED) is 0.490. The van der Waals surface area contributed by atoms with Gasteiger partial charge in [-0.25, -0.2) is 4.39 Å². The zero-order chi connectivity index (χ0) is 15.0. The standard InChI is InChI=1S/C14H15BrFNO3/c1-20-14(19)3-2-8-17-13(18)7-4-10-9-11(15)5-6-12(10)16/h4-7,9H,2-3,8H2,1H3,(H,17,18)/b7-4+. The Kier molecular flexibility index (Phi) is 6.93. The molecule has 1 rings (SSSR count). The minimum atomic E-state index is -0.400. The lowest BCUT2D eigenvalue weighted by atomic mass is 10.2. The van der Waals surface area contributed by atoms with Crippen molar-refractivity contribution >= 4 is 33.9 Å². The highest BCUT2D eigenvalue weighted by atomic mass is 79.9. The van der Waals surface area contributed by atoms with E-state index in [0.29, 0.717) is 18.5 Å². The maximum atomic E-state index is 13.4. The van der Waals surface area contributed by atoms with E-state index < -0.39 is 5.82 Å². The van der Waals surface area contributed by atoms with Gasteiger partial charge in [0.15, 0.2) is 0 Å². The number of nitrogens with one attached hydrogen (secondary N) is 1. The highest BCUT2D eigenvalue weighted by Gasteiger charge is 2.02. The smallest absolute Gasteiger partial charge is 0.305 e. The number of hydrogen-bond acceptors (Lipinski definition) is 3. The van der Waals surface area contributed by atoms with Crippen LogP contribution in [0.25, 0.3) is 6.08 Å². The van der Waals surface area contributed by atoms with Crippen molar-refractivity contribution in [3.8, 4) is 0 Å². The fourth-order valence-electron chi connectivity index (χ4n) is 1.41. The minimum Gasteiger partial charge on any atom is -0.469 e. The molecule has 0 saturated heterocycles. The first-order valence-corrected chi connectivity index (χ1v) is 6.80. The maximum absolute atomic E-state index is 13.4. The molecule has 20 heavy (non-hydrogen) atoms. The molecular formula is C14H15BrFNO3. The molecule has 0 atom stereocenters. The Bertz CT molecular complexity index is 517. The van der Waals surface area contributed by atoms with E-state index in [0.717, 1.165) is 4.47 Å². The Morgan fingerprint density at radius 1 is 1.45 bits per heavy atom. The Balaban J connectivity index is 2.40. The van der Waals surface area contributed by atoms with Gasteiger partial charge in [-0.05, 0) is 30.7 Å². The van der Waals surface area contributed by atoms with Crippen LogP contribution in [0.2, 0.25) is 0 Å². The van der Waals surface area contributed by atoms with Gasteiger partial charge in [0.2, 0.25) is 5.91 Å². The van der Waals surface area contributed by atoms with Gasteiger partial charge in [-0.3, -0.25) is 9.59 Å². The fourth-order valence-corrected chi connectivity index (χ4v) is 1.79. The molecule has 1 amide bonds. The van der Waals surface area contributed by atoms with Crippen molar-refractivity contribution in [2.75, 3.05) is 13.7 Å². The van der Waals surface area contributed by atoms with E-state index in [1.165, 1.54) is 25.3 Å². The summed E-state index contributed by atoms with van der Waals surface area (Å²) in [6.45, 7) is 0.360. The predicted octanol–water partition coefficient (Wildman–Crippen LogP) is 2.67. The van der Waals surface area contributed by atoms with Gasteiger partial charge in [0.1, 0.15) is 5.82 Å². The van der Waals surface area contributed by atoms with Crippen molar-refractivity contribution < 1.29 is 18.7 Å². The molecule has 0 aliphatic rings. The van der Waals surface area contributed by atoms with Crippen molar-refractivity contribution in [1.82, 2.24) is 5.32 Å². The summed E-state index contributed by atoms with van der Waals surface area (Å²) in [6.07, 6.45) is 3.40. The molecule has 0 unspecified atom stereocenters. The van der Waals surface area contributed by atoms with Gasteiger partial charge in [0.05, 0.1) is 7.11 Å². The van der Waals surface area contributed by atoms with Crippen LogP contribution in [0.5, 0.6) is 0 Å². The average molecular weight is 344 g/mol. The van der Waals surface area contributed by atoms with Gasteiger partial charge in [0, 0.05) is 29.1 Å². The predicted molar refractivity (Wildman–Crippen MR) is 77.4 cm³/mol. The molecule has 1 N–H and O–H groups in total. The van der Waals surface area contributed by atoms with Crippen molar-refractivity contribution in [3.05, 3.63) is 40.1 Å². The summed E-state index contributed by atoms with van der Waals surface area (Å²) in [7, 11) is 1.32. The molecule has 0 radical (unpaired) electrons. The van der Waals surface area contributed by atoms with Crippen molar-refractivity contribution in [2.24, 2.45) is 0 Å². The van der Waals surface area contributed by atoms with Gasteiger partial charge in [0.25, 0.3) is 0 Å². The second kappa shape index (κ2) is 8.47. The monoisotopic (exact) mass is 343 g/mol. The molecule has 0 aliphatic heterocycles. The molecule has 0 aliphatic carbocycles. The lowest BCUT2D eigenvalue weighted by Gasteiger charge is -2.02. The van der Waals surface area contributed by atoms with Gasteiger partial charge < -0.3 is 10.1 Å². The number of carbonyl (C=O) groups is 2. The molecule has 6 heteroatoms. The summed E-state index contributed by atoms with van der Waals surface area (Å²) >= 11 is 3.23. The highest BCUT2D eigenvalue weighted by molar-refractivity contribution is 9.10. The molecule has 108 valence electrons. The minimum absolute atomic E-state index is 0.251. The van der Waals surface area contributed by atoms with E-state index in [-0.39, 0.29) is 18.3 Å². The summed E-state index contributed by atoms with van der Waals surface area (Å²) in [5.74, 6) is -1.05. The van der Waals surface area contributed by atoms with Crippen LogP contribution in [-0.2, 0) is 14.3 Å². The fraction of sp³-hybridized carbons (Fsp3) is 0.286. The number of hydrogen-bond donors (Lipinski definition) is 1. The Labute approximate surface area is 125 Å². The second-order valence-corrected chi connectivity index (χ2v) is 4.89. The van der Waals surface area contributed by atoms with Crippen LogP contribution in [-0.4, -0.2) is 25.5 Å². The molecule has 1 aromatic rings. The summed E-state index contributed by atoms with van der Waals surface area (Å²) < 4.78 is 18.6. The molecular weight excluding hydrogens is 329 g/mol. The number of benzene rings is 1. The molecule has 4 nitrogen and oxygen atoms in total. The van der Waals surface area contributed by atoms with Crippen LogP contribution in [0.1, 0.15) is 18.4 Å². The van der Waals surface area contributed by atoms with E-state index in [4.69, 9.17) is 0 Å². The Morgan fingerprint density at radius 3 is 2.90 bits per heavy atom. The molecule has 0 saturated carbocycles. The summed E-state index contributed by atoms with van der Waals surface area (Å²) in [6, 6.07) is 4.48. The molecule has 0 fully saturated rings. The van der Waals surface area contributed by atoms with Gasteiger partial charge in [-0.15, -0.1) is 0 Å². The van der Waals surface area contributed by atoms with Crippen LogP contribution in [0.3, 0.4) is 0 Å². The summed E-state index contributed by atoms with van der Waals surface area (Å²) in [5, 5.41) is 2.60. The highest BCUT2D eigenvalue weighted by Crippen LogP contribution is 2.16. The Morgan fingerprint density at radius 2 is 2.20 bits per heavy atom. The van der Waals surface area contributed by atoms with E-state index in [2.05, 4.69) is 26.0 Å². The largest absolute Gasteiger partial charge is 0.469 e. The van der Waals surface area contributed by atoms with Gasteiger partial charge in [-0.1, -0.05) is 15.9 Å². The van der Waals surface area contributed by atoms with Crippen LogP contribution < -0.4 is 5.32 Å². The number of halogens is 2. The van der Waals surface area contributed by atoms with E-state index >= 15 is 0 Å². The SMILES string of the molecule is COC(=O)CCCNC(=O)/C=C/c1cc(Br)ccc1F. The van der Waals surface area contributed by atoms with Crippen molar-refractivity contribution in [1.29, 1.82) is 0 Å². The van der Waals surface area contributed by atoms with Crippen molar-refractivity contribution in [3.63, 3.8) is 0 Å². The van der Waals surface area contributed by atoms with E-state index in [9.17, 15) is 14.0 Å². The van der Waals surface area contributed by atoms with Crippen LogP contribution in [0.15, 0.2) is 28.7 Å². The molecule has 0 heterocycles. The van der Waals surface area contributed by atoms with E-state index in [1.54, 1.807) is 12.1 Å². The molecule has 0 bridgehead atoms. The second-order valence-electron chi connectivity index (χ2n) is 3.97. The summed E-state index contributed by atoms with van der Waals surface area (Å²) in [4.78, 5) is 22.3. The van der Waals surface area contributed by atoms with Crippen LogP contribution in [0, 0.1) is 5.82 Å². The third-order valence-electron chi connectivity index (χ3n) is 2.46. The zero-order valence-corrected chi connectivity index (χ0v) is 12.6. The first kappa shape index (κ1) is 16.4. The summed E-state index contributed by atoms with van der Waals surface area (Å²) in [5.41, 5.74) is 0.323. The van der Waals surface area contributed by atoms with E-state index in [1.807, 2.05) is 0 Å². The number of rotatable bonds is 6. The number of esters is 1. The molecule has 0 spiro atoms. The van der Waals surface area contributed by atoms with Gasteiger partial charge in [-0.2, -0.15) is 0 Å². The first-order valence-electron chi connectivity index (χ1n) is 6.00. The maximum Gasteiger partial charge on any atom is 0.305 e. The normalized spacial score (nSPS) is 10.6. The zero-order valence-electron chi connectivity index (χ0n) is 11.0. The topological polar surface area (TPSA) is 55.4 Å². The van der Waals surface area contributed by atoms with Crippen molar-refractivity contribution in [2.45, 2.75) is 12.8 Å². The third kappa shape index (κ3) is 5.97. The molecule has 1 aromatic carbocycles. The lowest BCUT2D eigenvalue weighted by molar-refractivity contribution is -0.140. The number of amides is 1. The van der Waals surface area contributed by atoms with Crippen LogP contribution >= 0.6 is 15.9 Å². The van der Waals surface area contributed by atoms with Crippen LogP contribution in [0.4, 0.5) is 4.39 Å². The number of ether oxygens (including phenoxy) is 1. The van der Waals surface area contributed by atoms with Gasteiger partial charge >= 0.3 is 5.97 Å². The lowest BCUT2D eigenvalue weighted by Crippen LogP contribution is -2.22. The number of carbonyl (C=O) groups excluding carboxylic acids is 2. The first-order chi connectivity index (χ1) is 9.52. The average Bonchev–Trinajstić information content (AvgIpc) is 2.44. The Hall–Kier alpha value is -1.69.